The number of rotatable bonds is 6. The van der Waals surface area contributed by atoms with Crippen LogP contribution in [-0.4, -0.2) is 56.7 Å². The third-order valence-corrected chi connectivity index (χ3v) is 5.65. The van der Waals surface area contributed by atoms with Crippen molar-refractivity contribution < 1.29 is 17.9 Å². The highest BCUT2D eigenvalue weighted by atomic mass is 32.2. The Labute approximate surface area is 115 Å². The third kappa shape index (κ3) is 3.90. The largest absolute Gasteiger partial charge is 0.468 e. The Kier molecular flexibility index (Phi) is 6.22. The van der Waals surface area contributed by atoms with Crippen molar-refractivity contribution >= 4 is 16.0 Å². The topological polar surface area (TPSA) is 75.7 Å². The summed E-state index contributed by atoms with van der Waals surface area (Å²) in [5, 5.41) is 2.06. The third-order valence-electron chi connectivity index (χ3n) is 3.43. The van der Waals surface area contributed by atoms with Gasteiger partial charge in [0.25, 0.3) is 0 Å². The molecule has 7 heteroatoms. The lowest BCUT2D eigenvalue weighted by molar-refractivity contribution is -0.139. The molecule has 6 nitrogen and oxygen atoms in total. The molecule has 0 aromatic rings. The monoisotopic (exact) mass is 292 g/mol. The van der Waals surface area contributed by atoms with E-state index in [-0.39, 0.29) is 6.04 Å². The van der Waals surface area contributed by atoms with Gasteiger partial charge in [0.1, 0.15) is 0 Å². The molecule has 0 saturated carbocycles. The van der Waals surface area contributed by atoms with Crippen LogP contribution in [0.4, 0.5) is 0 Å². The fourth-order valence-corrected chi connectivity index (χ4v) is 4.09. The molecule has 2 atom stereocenters. The molecule has 1 heterocycles. The molecule has 0 bridgehead atoms. The van der Waals surface area contributed by atoms with E-state index in [1.54, 1.807) is 0 Å². The van der Waals surface area contributed by atoms with Crippen LogP contribution in [-0.2, 0) is 19.6 Å². The zero-order valence-corrected chi connectivity index (χ0v) is 12.7. The minimum atomic E-state index is -3.66. The minimum Gasteiger partial charge on any atom is -0.468 e. The van der Waals surface area contributed by atoms with Crippen molar-refractivity contribution in [3.63, 3.8) is 0 Å². The number of sulfonamides is 1. The molecule has 0 radical (unpaired) electrons. The Bertz CT molecular complexity index is 391. The lowest BCUT2D eigenvalue weighted by Gasteiger charge is -2.34. The Morgan fingerprint density at radius 1 is 1.53 bits per heavy atom. The molecule has 1 fully saturated rings. The number of nitrogens with zero attached hydrogens (tertiary/aromatic N) is 1. The van der Waals surface area contributed by atoms with Gasteiger partial charge in [-0.3, -0.25) is 4.79 Å². The summed E-state index contributed by atoms with van der Waals surface area (Å²) >= 11 is 0. The van der Waals surface area contributed by atoms with Gasteiger partial charge >= 0.3 is 5.97 Å². The van der Waals surface area contributed by atoms with Crippen molar-refractivity contribution in [2.24, 2.45) is 0 Å². The Morgan fingerprint density at radius 3 is 2.68 bits per heavy atom. The van der Waals surface area contributed by atoms with E-state index in [0.717, 1.165) is 25.8 Å². The van der Waals surface area contributed by atoms with Crippen LogP contribution in [0.5, 0.6) is 0 Å². The zero-order valence-electron chi connectivity index (χ0n) is 11.9. The van der Waals surface area contributed by atoms with Crippen molar-refractivity contribution in [2.75, 3.05) is 26.7 Å². The highest BCUT2D eigenvalue weighted by Crippen LogP contribution is 2.19. The van der Waals surface area contributed by atoms with Gasteiger partial charge in [-0.05, 0) is 32.7 Å². The summed E-state index contributed by atoms with van der Waals surface area (Å²) in [6.07, 6.45) is 2.51. The second-order valence-electron chi connectivity index (χ2n) is 4.82. The Balaban J connectivity index is 2.92. The molecule has 1 saturated heterocycles. The molecular formula is C12H24N2O4S. The fraction of sp³-hybridized carbons (Fsp3) is 0.917. The maximum atomic E-state index is 12.5. The molecule has 0 aromatic heterocycles. The number of methoxy groups -OCH3 is 1. The van der Waals surface area contributed by atoms with Gasteiger partial charge in [-0.15, -0.1) is 0 Å². The van der Waals surface area contributed by atoms with E-state index in [9.17, 15) is 13.2 Å². The summed E-state index contributed by atoms with van der Waals surface area (Å²) in [5.41, 5.74) is 0. The lowest BCUT2D eigenvalue weighted by Crippen LogP contribution is -2.52. The van der Waals surface area contributed by atoms with Crippen LogP contribution in [0.15, 0.2) is 0 Å². The lowest BCUT2D eigenvalue weighted by atomic mass is 10.1. The summed E-state index contributed by atoms with van der Waals surface area (Å²) in [6.45, 7) is 5.33. The quantitative estimate of drug-likeness (QED) is 0.715. The first-order valence-corrected chi connectivity index (χ1v) is 8.24. The van der Waals surface area contributed by atoms with E-state index in [4.69, 9.17) is 0 Å². The first-order chi connectivity index (χ1) is 8.95. The minimum absolute atomic E-state index is 0.0641. The molecule has 112 valence electrons. The van der Waals surface area contributed by atoms with Crippen LogP contribution >= 0.6 is 0 Å². The van der Waals surface area contributed by atoms with Crippen molar-refractivity contribution in [3.8, 4) is 0 Å². The van der Waals surface area contributed by atoms with Crippen LogP contribution in [0, 0.1) is 0 Å². The standard InChI is InChI=1S/C12H24N2O4S/c1-4-8-14(11-6-5-7-13-9-11)19(16,17)10(2)12(15)18-3/h10-11,13H,4-9H2,1-3H3. The fourth-order valence-electron chi connectivity index (χ4n) is 2.31. The molecule has 1 aliphatic rings. The number of carbonyl (C=O) groups is 1. The molecule has 19 heavy (non-hydrogen) atoms. The number of ether oxygens (including phenoxy) is 1. The summed E-state index contributed by atoms with van der Waals surface area (Å²) in [7, 11) is -2.45. The first-order valence-electron chi connectivity index (χ1n) is 6.74. The van der Waals surface area contributed by atoms with E-state index >= 15 is 0 Å². The molecule has 0 aromatic carbocycles. The number of piperidine rings is 1. The summed E-state index contributed by atoms with van der Waals surface area (Å²) < 4.78 is 31.1. The van der Waals surface area contributed by atoms with Gasteiger partial charge in [0.2, 0.25) is 10.0 Å². The highest BCUT2D eigenvalue weighted by molar-refractivity contribution is 7.90. The molecule has 0 aliphatic carbocycles. The van der Waals surface area contributed by atoms with E-state index < -0.39 is 21.2 Å². The average molecular weight is 292 g/mol. The van der Waals surface area contributed by atoms with Gasteiger partial charge in [-0.2, -0.15) is 4.31 Å². The van der Waals surface area contributed by atoms with Crippen LogP contribution in [0.1, 0.15) is 33.1 Å². The predicted octanol–water partition coefficient (Wildman–Crippen LogP) is 0.342. The van der Waals surface area contributed by atoms with E-state index in [2.05, 4.69) is 10.1 Å². The normalized spacial score (nSPS) is 22.2. The van der Waals surface area contributed by atoms with Gasteiger partial charge in [0.05, 0.1) is 7.11 Å². The number of hydrogen-bond acceptors (Lipinski definition) is 5. The molecule has 2 unspecified atom stereocenters. The van der Waals surface area contributed by atoms with Crippen molar-refractivity contribution in [1.82, 2.24) is 9.62 Å². The molecule has 1 N–H and O–H groups in total. The Morgan fingerprint density at radius 2 is 2.21 bits per heavy atom. The molecule has 0 spiro atoms. The molecule has 1 aliphatic heterocycles. The van der Waals surface area contributed by atoms with E-state index in [1.807, 2.05) is 6.92 Å². The maximum Gasteiger partial charge on any atom is 0.325 e. The number of esters is 1. The van der Waals surface area contributed by atoms with Gasteiger partial charge in [-0.1, -0.05) is 6.92 Å². The average Bonchev–Trinajstić information content (AvgIpc) is 2.43. The Hall–Kier alpha value is -0.660. The van der Waals surface area contributed by atoms with Crippen LogP contribution < -0.4 is 5.32 Å². The van der Waals surface area contributed by atoms with Crippen molar-refractivity contribution in [2.45, 2.75) is 44.4 Å². The number of hydrogen-bond donors (Lipinski definition) is 1. The molecule has 0 amide bonds. The predicted molar refractivity (Wildman–Crippen MR) is 73.3 cm³/mol. The second kappa shape index (κ2) is 7.21. The SMILES string of the molecule is CCCN(C1CCCNC1)S(=O)(=O)C(C)C(=O)OC. The summed E-state index contributed by atoms with van der Waals surface area (Å²) in [4.78, 5) is 11.5. The zero-order chi connectivity index (χ0) is 14.5. The smallest absolute Gasteiger partial charge is 0.325 e. The second-order valence-corrected chi connectivity index (χ2v) is 7.03. The molecular weight excluding hydrogens is 268 g/mol. The van der Waals surface area contributed by atoms with E-state index in [1.165, 1.54) is 18.3 Å². The van der Waals surface area contributed by atoms with Crippen molar-refractivity contribution in [1.29, 1.82) is 0 Å². The number of nitrogens with one attached hydrogen (secondary N) is 1. The van der Waals surface area contributed by atoms with E-state index in [0.29, 0.717) is 13.1 Å². The van der Waals surface area contributed by atoms with Gasteiger partial charge in [-0.25, -0.2) is 8.42 Å². The van der Waals surface area contributed by atoms with Crippen molar-refractivity contribution in [3.05, 3.63) is 0 Å². The van der Waals surface area contributed by atoms with Gasteiger partial charge in [0.15, 0.2) is 5.25 Å². The van der Waals surface area contributed by atoms with Crippen LogP contribution in [0.2, 0.25) is 0 Å². The summed E-state index contributed by atoms with van der Waals surface area (Å²) in [5.74, 6) is -0.704. The maximum absolute atomic E-state index is 12.5. The molecule has 1 rings (SSSR count). The number of carbonyl (C=O) groups excluding carboxylic acids is 1. The van der Waals surface area contributed by atoms with Gasteiger partial charge in [0, 0.05) is 19.1 Å². The van der Waals surface area contributed by atoms with Crippen LogP contribution in [0.3, 0.4) is 0 Å². The first kappa shape index (κ1) is 16.4. The summed E-state index contributed by atoms with van der Waals surface area (Å²) in [6, 6.07) is -0.0641. The highest BCUT2D eigenvalue weighted by Gasteiger charge is 2.38. The van der Waals surface area contributed by atoms with Gasteiger partial charge < -0.3 is 10.1 Å². The van der Waals surface area contributed by atoms with Crippen LogP contribution in [0.25, 0.3) is 0 Å².